The van der Waals surface area contributed by atoms with Crippen molar-refractivity contribution >= 4 is 39.6 Å². The summed E-state index contributed by atoms with van der Waals surface area (Å²) in [6, 6.07) is 1.03. The summed E-state index contributed by atoms with van der Waals surface area (Å²) in [5.41, 5.74) is -1.39. The molecule has 1 aromatic rings. The van der Waals surface area contributed by atoms with Gasteiger partial charge in [-0.15, -0.1) is 11.8 Å². The van der Waals surface area contributed by atoms with E-state index in [2.05, 4.69) is 20.9 Å². The number of nitrogens with zero attached hydrogens (tertiary/aromatic N) is 3. The van der Waals surface area contributed by atoms with Gasteiger partial charge in [-0.1, -0.05) is 0 Å². The average molecular weight is 456 g/mol. The van der Waals surface area contributed by atoms with Crippen molar-refractivity contribution in [2.45, 2.75) is 37.9 Å². The third-order valence-corrected chi connectivity index (χ3v) is 5.21. The van der Waals surface area contributed by atoms with Crippen LogP contribution < -0.4 is 4.90 Å². The van der Waals surface area contributed by atoms with E-state index in [0.717, 1.165) is 12.3 Å². The summed E-state index contributed by atoms with van der Waals surface area (Å²) in [6.07, 6.45) is -2.12. The summed E-state index contributed by atoms with van der Waals surface area (Å²) in [5.74, 6) is 0.432. The molecule has 146 valence electrons. The zero-order valence-corrected chi connectivity index (χ0v) is 17.3. The van der Waals surface area contributed by atoms with Gasteiger partial charge in [-0.2, -0.15) is 13.2 Å². The molecule has 1 aliphatic rings. The van der Waals surface area contributed by atoms with Crippen LogP contribution in [0.1, 0.15) is 26.3 Å². The number of halogens is 4. The summed E-state index contributed by atoms with van der Waals surface area (Å²) in [7, 11) is 0. The Morgan fingerprint density at radius 2 is 2.00 bits per heavy atom. The second-order valence-corrected chi connectivity index (χ2v) is 8.71. The first kappa shape index (κ1) is 21.1. The van der Waals surface area contributed by atoms with Gasteiger partial charge in [0.15, 0.2) is 0 Å². The number of carbonyl (C=O) groups excluding carboxylic acids is 1. The minimum absolute atomic E-state index is 0.142. The predicted molar refractivity (Wildman–Crippen MR) is 99.4 cm³/mol. The van der Waals surface area contributed by atoms with E-state index in [1.165, 1.54) is 11.8 Å². The SMILES string of the molecule is CS[C@H]1CN(C(=O)OC(C)(C)C)CCN1c1ncc(C(F)(F)F)cc1Br. The molecule has 0 spiro atoms. The highest BCUT2D eigenvalue weighted by molar-refractivity contribution is 9.10. The van der Waals surface area contributed by atoms with E-state index in [4.69, 9.17) is 4.74 Å². The Morgan fingerprint density at radius 3 is 2.50 bits per heavy atom. The van der Waals surface area contributed by atoms with Gasteiger partial charge in [-0.05, 0) is 49.0 Å². The molecule has 1 aromatic heterocycles. The third kappa shape index (κ3) is 5.18. The van der Waals surface area contributed by atoms with Crippen molar-refractivity contribution in [2.24, 2.45) is 0 Å². The van der Waals surface area contributed by atoms with E-state index in [1.807, 2.05) is 11.2 Å². The van der Waals surface area contributed by atoms with Gasteiger partial charge in [0.05, 0.1) is 22.0 Å². The van der Waals surface area contributed by atoms with Crippen molar-refractivity contribution in [1.29, 1.82) is 0 Å². The molecule has 1 saturated heterocycles. The molecule has 26 heavy (non-hydrogen) atoms. The molecule has 0 saturated carbocycles. The van der Waals surface area contributed by atoms with Crippen LogP contribution in [0.5, 0.6) is 0 Å². The fourth-order valence-corrected chi connectivity index (χ4v) is 3.85. The molecule has 0 bridgehead atoms. The first-order chi connectivity index (χ1) is 11.9. The van der Waals surface area contributed by atoms with Gasteiger partial charge in [0.25, 0.3) is 0 Å². The van der Waals surface area contributed by atoms with Gasteiger partial charge in [-0.25, -0.2) is 9.78 Å². The van der Waals surface area contributed by atoms with Crippen LogP contribution in [0, 0.1) is 0 Å². The molecule has 0 unspecified atom stereocenters. The smallest absolute Gasteiger partial charge is 0.417 e. The zero-order valence-electron chi connectivity index (χ0n) is 14.9. The van der Waals surface area contributed by atoms with Crippen molar-refractivity contribution in [3.63, 3.8) is 0 Å². The molecule has 2 heterocycles. The number of carbonyl (C=O) groups is 1. The monoisotopic (exact) mass is 455 g/mol. The summed E-state index contributed by atoms with van der Waals surface area (Å²) in [6.45, 7) is 6.65. The quantitative estimate of drug-likeness (QED) is 0.651. The number of piperazine rings is 1. The molecule has 2 rings (SSSR count). The lowest BCUT2D eigenvalue weighted by Gasteiger charge is -2.41. The van der Waals surface area contributed by atoms with Crippen molar-refractivity contribution < 1.29 is 22.7 Å². The second kappa shape index (κ2) is 7.84. The molecule has 0 aliphatic carbocycles. The van der Waals surface area contributed by atoms with Crippen molar-refractivity contribution in [1.82, 2.24) is 9.88 Å². The molecule has 1 atom stereocenters. The fraction of sp³-hybridized carbons (Fsp3) is 0.625. The standard InChI is InChI=1S/C16H21BrF3N3O2S/c1-15(2,3)25-14(24)22-5-6-23(12(9-22)26-4)13-11(17)7-10(8-21-13)16(18,19)20/h7-8,12H,5-6,9H2,1-4H3/t12-/m0/s1. The number of amides is 1. The molecule has 0 radical (unpaired) electrons. The lowest BCUT2D eigenvalue weighted by molar-refractivity contribution is -0.137. The van der Waals surface area contributed by atoms with Gasteiger partial charge in [0.2, 0.25) is 0 Å². The van der Waals surface area contributed by atoms with Crippen LogP contribution in [0.25, 0.3) is 0 Å². The molecule has 0 N–H and O–H groups in total. The van der Waals surface area contributed by atoms with Crippen LogP contribution in [0.15, 0.2) is 16.7 Å². The summed E-state index contributed by atoms with van der Waals surface area (Å²) in [5, 5.41) is -0.142. The normalized spacial score (nSPS) is 18.8. The Bertz CT molecular complexity index is 667. The van der Waals surface area contributed by atoms with Crippen LogP contribution in [0.3, 0.4) is 0 Å². The van der Waals surface area contributed by atoms with E-state index in [1.54, 1.807) is 25.7 Å². The van der Waals surface area contributed by atoms with E-state index >= 15 is 0 Å². The lowest BCUT2D eigenvalue weighted by atomic mass is 10.2. The number of pyridine rings is 1. The Hall–Kier alpha value is -1.16. The number of thioether (sulfide) groups is 1. The van der Waals surface area contributed by atoms with Crippen LogP contribution in [0.2, 0.25) is 0 Å². The number of alkyl halides is 3. The Labute approximate surface area is 163 Å². The first-order valence-electron chi connectivity index (χ1n) is 7.92. The minimum atomic E-state index is -4.44. The molecule has 5 nitrogen and oxygen atoms in total. The third-order valence-electron chi connectivity index (χ3n) is 3.68. The van der Waals surface area contributed by atoms with Gasteiger partial charge in [-0.3, -0.25) is 0 Å². The maximum Gasteiger partial charge on any atom is 0.417 e. The number of ether oxygens (including phenoxy) is 1. The van der Waals surface area contributed by atoms with Gasteiger partial charge in [0.1, 0.15) is 11.4 Å². The maximum absolute atomic E-state index is 12.8. The topological polar surface area (TPSA) is 45.7 Å². The minimum Gasteiger partial charge on any atom is -0.444 e. The molecular weight excluding hydrogens is 435 g/mol. The number of anilines is 1. The lowest BCUT2D eigenvalue weighted by Crippen LogP contribution is -2.54. The molecule has 10 heteroatoms. The molecule has 1 aliphatic heterocycles. The van der Waals surface area contributed by atoms with Crippen LogP contribution in [-0.2, 0) is 10.9 Å². The van der Waals surface area contributed by atoms with E-state index in [9.17, 15) is 18.0 Å². The Morgan fingerprint density at radius 1 is 1.35 bits per heavy atom. The van der Waals surface area contributed by atoms with Crippen LogP contribution >= 0.6 is 27.7 Å². The summed E-state index contributed by atoms with van der Waals surface area (Å²) in [4.78, 5) is 19.8. The van der Waals surface area contributed by atoms with Gasteiger partial charge in [0, 0.05) is 19.3 Å². The first-order valence-corrected chi connectivity index (χ1v) is 10.0. The highest BCUT2D eigenvalue weighted by atomic mass is 79.9. The Balaban J connectivity index is 2.16. The van der Waals surface area contributed by atoms with Crippen molar-refractivity contribution in [3.8, 4) is 0 Å². The highest BCUT2D eigenvalue weighted by Crippen LogP contribution is 2.35. The highest BCUT2D eigenvalue weighted by Gasteiger charge is 2.35. The number of hydrogen-bond donors (Lipinski definition) is 0. The number of rotatable bonds is 2. The van der Waals surface area contributed by atoms with Crippen LogP contribution in [0.4, 0.5) is 23.8 Å². The number of aromatic nitrogens is 1. The molecule has 0 aromatic carbocycles. The van der Waals surface area contributed by atoms with E-state index in [0.29, 0.717) is 25.5 Å². The van der Waals surface area contributed by atoms with Gasteiger partial charge >= 0.3 is 12.3 Å². The fourth-order valence-electron chi connectivity index (χ4n) is 2.48. The van der Waals surface area contributed by atoms with Crippen LogP contribution in [-0.4, -0.2) is 52.8 Å². The summed E-state index contributed by atoms with van der Waals surface area (Å²) >= 11 is 4.70. The zero-order chi connectivity index (χ0) is 19.7. The predicted octanol–water partition coefficient (Wildman–Crippen LogP) is 4.61. The molecule has 1 amide bonds. The second-order valence-electron chi connectivity index (χ2n) is 6.84. The van der Waals surface area contributed by atoms with Crippen molar-refractivity contribution in [2.75, 3.05) is 30.8 Å². The summed E-state index contributed by atoms with van der Waals surface area (Å²) < 4.78 is 44.1. The van der Waals surface area contributed by atoms with Crippen molar-refractivity contribution in [3.05, 3.63) is 22.3 Å². The number of hydrogen-bond acceptors (Lipinski definition) is 5. The average Bonchev–Trinajstić information content (AvgIpc) is 2.51. The molecular formula is C16H21BrF3N3O2S. The van der Waals surface area contributed by atoms with E-state index in [-0.39, 0.29) is 9.85 Å². The Kier molecular flexibility index (Phi) is 6.37. The maximum atomic E-state index is 12.8. The largest absolute Gasteiger partial charge is 0.444 e. The van der Waals surface area contributed by atoms with E-state index < -0.39 is 23.4 Å². The van der Waals surface area contributed by atoms with Gasteiger partial charge < -0.3 is 14.5 Å². The molecule has 1 fully saturated rings.